The first kappa shape index (κ1) is 19.7. The zero-order valence-electron chi connectivity index (χ0n) is 16.9. The molecule has 154 valence electrons. The molecule has 0 spiro atoms. The highest BCUT2D eigenvalue weighted by Crippen LogP contribution is 2.22. The lowest BCUT2D eigenvalue weighted by molar-refractivity contribution is -0.127. The van der Waals surface area contributed by atoms with E-state index in [9.17, 15) is 14.4 Å². The van der Waals surface area contributed by atoms with Crippen LogP contribution in [0.5, 0.6) is 0 Å². The Bertz CT molecular complexity index is 1010. The van der Waals surface area contributed by atoms with Gasteiger partial charge in [-0.1, -0.05) is 24.3 Å². The predicted molar refractivity (Wildman–Crippen MR) is 116 cm³/mol. The topological polar surface area (TPSA) is 81.8 Å². The van der Waals surface area contributed by atoms with Crippen LogP contribution < -0.4 is 15.5 Å². The molecule has 2 saturated heterocycles. The van der Waals surface area contributed by atoms with Gasteiger partial charge >= 0.3 is 6.03 Å². The number of amides is 4. The van der Waals surface area contributed by atoms with E-state index in [4.69, 9.17) is 0 Å². The van der Waals surface area contributed by atoms with Gasteiger partial charge in [-0.3, -0.25) is 9.59 Å². The van der Waals surface area contributed by atoms with Gasteiger partial charge in [-0.25, -0.2) is 9.69 Å². The Balaban J connectivity index is 1.41. The Kier molecular flexibility index (Phi) is 5.52. The number of aryl methyl sites for hydroxylation is 1. The standard InChI is InChI=1S/C23H24N4O3/c1-16-5-4-6-18(13-16)24-21(28)15-27-22(29)20(25-23(27)30)14-17-7-9-19(10-8-17)26-11-2-3-12-26/h4-10,13-14H,2-3,11-12,15H2,1H3,(H,24,28)(H,25,30)/b20-14-. The Labute approximate surface area is 175 Å². The number of anilines is 2. The minimum atomic E-state index is -0.598. The molecule has 30 heavy (non-hydrogen) atoms. The van der Waals surface area contributed by atoms with Gasteiger partial charge in [0.1, 0.15) is 12.2 Å². The number of hydrogen-bond donors (Lipinski definition) is 2. The van der Waals surface area contributed by atoms with Crippen molar-refractivity contribution >= 4 is 35.3 Å². The van der Waals surface area contributed by atoms with Gasteiger partial charge in [0.25, 0.3) is 5.91 Å². The van der Waals surface area contributed by atoms with Gasteiger partial charge < -0.3 is 15.5 Å². The van der Waals surface area contributed by atoms with Gasteiger partial charge in [-0.05, 0) is 61.2 Å². The molecule has 4 amide bonds. The summed E-state index contributed by atoms with van der Waals surface area (Å²) in [6.07, 6.45) is 4.05. The number of rotatable bonds is 5. The molecule has 2 fully saturated rings. The van der Waals surface area contributed by atoms with Crippen LogP contribution in [-0.4, -0.2) is 42.4 Å². The van der Waals surface area contributed by atoms with Crippen LogP contribution in [0.1, 0.15) is 24.0 Å². The van der Waals surface area contributed by atoms with E-state index >= 15 is 0 Å². The third-order valence-electron chi connectivity index (χ3n) is 5.24. The van der Waals surface area contributed by atoms with Crippen molar-refractivity contribution in [3.8, 4) is 0 Å². The van der Waals surface area contributed by atoms with Gasteiger partial charge in [0, 0.05) is 24.5 Å². The quantitative estimate of drug-likeness (QED) is 0.593. The lowest BCUT2D eigenvalue weighted by atomic mass is 10.1. The number of benzene rings is 2. The molecule has 0 aromatic heterocycles. The summed E-state index contributed by atoms with van der Waals surface area (Å²) in [7, 11) is 0. The molecule has 0 atom stereocenters. The summed E-state index contributed by atoms with van der Waals surface area (Å²) in [4.78, 5) is 40.4. The van der Waals surface area contributed by atoms with Crippen molar-refractivity contribution in [3.63, 3.8) is 0 Å². The molecule has 2 aromatic rings. The van der Waals surface area contributed by atoms with Crippen LogP contribution in [0, 0.1) is 6.92 Å². The molecule has 7 heteroatoms. The first-order valence-corrected chi connectivity index (χ1v) is 10.1. The number of imide groups is 1. The number of carbonyl (C=O) groups is 3. The monoisotopic (exact) mass is 404 g/mol. The highest BCUT2D eigenvalue weighted by Gasteiger charge is 2.34. The summed E-state index contributed by atoms with van der Waals surface area (Å²) in [6.45, 7) is 3.70. The zero-order valence-corrected chi connectivity index (χ0v) is 16.9. The highest BCUT2D eigenvalue weighted by molar-refractivity contribution is 6.15. The summed E-state index contributed by atoms with van der Waals surface area (Å²) in [6, 6.07) is 14.6. The van der Waals surface area contributed by atoms with Crippen LogP contribution >= 0.6 is 0 Å². The number of urea groups is 1. The first-order chi connectivity index (χ1) is 14.5. The summed E-state index contributed by atoms with van der Waals surface area (Å²) >= 11 is 0. The fourth-order valence-corrected chi connectivity index (χ4v) is 3.71. The summed E-state index contributed by atoms with van der Waals surface area (Å²) in [5.41, 5.74) is 3.76. The lowest BCUT2D eigenvalue weighted by Gasteiger charge is -2.17. The number of nitrogens with one attached hydrogen (secondary N) is 2. The number of carbonyl (C=O) groups excluding carboxylic acids is 3. The van der Waals surface area contributed by atoms with Crippen molar-refractivity contribution in [2.75, 3.05) is 29.9 Å². The Hall–Kier alpha value is -3.61. The maximum Gasteiger partial charge on any atom is 0.329 e. The second-order valence-corrected chi connectivity index (χ2v) is 7.58. The van der Waals surface area contributed by atoms with E-state index in [1.165, 1.54) is 12.8 Å². The average molecular weight is 404 g/mol. The molecule has 0 aliphatic carbocycles. The zero-order chi connectivity index (χ0) is 21.1. The van der Waals surface area contributed by atoms with Crippen molar-refractivity contribution in [2.45, 2.75) is 19.8 Å². The molecule has 2 aromatic carbocycles. The van der Waals surface area contributed by atoms with Crippen molar-refractivity contribution in [2.24, 2.45) is 0 Å². The van der Waals surface area contributed by atoms with Gasteiger partial charge in [0.05, 0.1) is 0 Å². The van der Waals surface area contributed by atoms with Gasteiger partial charge in [-0.15, -0.1) is 0 Å². The van der Waals surface area contributed by atoms with E-state index in [0.717, 1.165) is 34.8 Å². The first-order valence-electron chi connectivity index (χ1n) is 10.1. The third-order valence-corrected chi connectivity index (χ3v) is 5.24. The largest absolute Gasteiger partial charge is 0.372 e. The molecule has 0 unspecified atom stereocenters. The summed E-state index contributed by atoms with van der Waals surface area (Å²) < 4.78 is 0. The van der Waals surface area contributed by atoms with Crippen LogP contribution in [0.3, 0.4) is 0 Å². The molecule has 2 heterocycles. The number of hydrogen-bond acceptors (Lipinski definition) is 4. The summed E-state index contributed by atoms with van der Waals surface area (Å²) in [5.74, 6) is -0.941. The summed E-state index contributed by atoms with van der Waals surface area (Å²) in [5, 5.41) is 5.27. The molecular weight excluding hydrogens is 380 g/mol. The smallest absolute Gasteiger partial charge is 0.329 e. The van der Waals surface area contributed by atoms with Crippen LogP contribution in [0.4, 0.5) is 16.2 Å². The molecule has 2 aliphatic rings. The molecule has 7 nitrogen and oxygen atoms in total. The van der Waals surface area contributed by atoms with E-state index in [-0.39, 0.29) is 12.2 Å². The molecule has 4 rings (SSSR count). The molecule has 2 N–H and O–H groups in total. The van der Waals surface area contributed by atoms with Crippen LogP contribution in [-0.2, 0) is 9.59 Å². The van der Waals surface area contributed by atoms with Gasteiger partial charge in [0.2, 0.25) is 5.91 Å². The second-order valence-electron chi connectivity index (χ2n) is 7.58. The molecule has 0 bridgehead atoms. The Morgan fingerprint density at radius 1 is 1.10 bits per heavy atom. The highest BCUT2D eigenvalue weighted by atomic mass is 16.2. The average Bonchev–Trinajstić information content (AvgIpc) is 3.34. The lowest BCUT2D eigenvalue weighted by Crippen LogP contribution is -2.38. The van der Waals surface area contributed by atoms with Crippen molar-refractivity contribution < 1.29 is 14.4 Å². The normalized spacial score (nSPS) is 17.6. The van der Waals surface area contributed by atoms with Crippen molar-refractivity contribution in [1.82, 2.24) is 10.2 Å². The van der Waals surface area contributed by atoms with Gasteiger partial charge in [0.15, 0.2) is 0 Å². The van der Waals surface area contributed by atoms with Crippen LogP contribution in [0.25, 0.3) is 6.08 Å². The van der Waals surface area contributed by atoms with Gasteiger partial charge in [-0.2, -0.15) is 0 Å². The van der Waals surface area contributed by atoms with E-state index in [2.05, 4.69) is 15.5 Å². The van der Waals surface area contributed by atoms with E-state index < -0.39 is 17.8 Å². The fraction of sp³-hybridized carbons (Fsp3) is 0.261. The second kappa shape index (κ2) is 8.41. The fourth-order valence-electron chi connectivity index (χ4n) is 3.71. The van der Waals surface area contributed by atoms with Crippen molar-refractivity contribution in [3.05, 3.63) is 65.4 Å². The minimum absolute atomic E-state index is 0.164. The maximum absolute atomic E-state index is 12.6. The number of nitrogens with zero attached hydrogens (tertiary/aromatic N) is 2. The van der Waals surface area contributed by atoms with Crippen LogP contribution in [0.2, 0.25) is 0 Å². The van der Waals surface area contributed by atoms with Crippen LogP contribution in [0.15, 0.2) is 54.2 Å². The predicted octanol–water partition coefficient (Wildman–Crippen LogP) is 3.13. The Morgan fingerprint density at radius 2 is 1.83 bits per heavy atom. The third kappa shape index (κ3) is 4.35. The SMILES string of the molecule is Cc1cccc(NC(=O)CN2C(=O)N/C(=C\c3ccc(N4CCCC4)cc3)C2=O)c1. The van der Waals surface area contributed by atoms with Crippen molar-refractivity contribution in [1.29, 1.82) is 0 Å². The van der Waals surface area contributed by atoms with E-state index in [1.807, 2.05) is 49.4 Å². The molecule has 2 aliphatic heterocycles. The Morgan fingerprint density at radius 3 is 2.53 bits per heavy atom. The maximum atomic E-state index is 12.6. The van der Waals surface area contributed by atoms with E-state index in [1.54, 1.807) is 12.1 Å². The molecular formula is C23H24N4O3. The minimum Gasteiger partial charge on any atom is -0.372 e. The van der Waals surface area contributed by atoms with E-state index in [0.29, 0.717) is 5.69 Å². The molecule has 0 saturated carbocycles. The molecule has 0 radical (unpaired) electrons.